The van der Waals surface area contributed by atoms with Gasteiger partial charge in [-0.3, -0.25) is 4.79 Å². The number of hydrogen-bond acceptors (Lipinski definition) is 6. The van der Waals surface area contributed by atoms with Crippen LogP contribution in [0.1, 0.15) is 41.3 Å². The number of ketones is 1. The molecule has 1 heterocycles. The minimum Gasteiger partial charge on any atom is -0.463 e. The number of anilines is 1. The fourth-order valence-corrected chi connectivity index (χ4v) is 4.68. The Morgan fingerprint density at radius 1 is 0.778 bits per heavy atom. The molecule has 0 bridgehead atoms. The lowest BCUT2D eigenvalue weighted by molar-refractivity contribution is -0.141. The number of Topliss-reactive ketones (excluding diaryl/α,β-unsaturated/α-hetero) is 1. The van der Waals surface area contributed by atoms with Crippen LogP contribution in [0.15, 0.2) is 96.2 Å². The third-order valence-electron chi connectivity index (χ3n) is 6.13. The van der Waals surface area contributed by atoms with E-state index in [1.165, 1.54) is 0 Å². The van der Waals surface area contributed by atoms with Gasteiger partial charge in [0.05, 0.1) is 18.8 Å². The van der Waals surface area contributed by atoms with E-state index in [-0.39, 0.29) is 30.3 Å². The van der Waals surface area contributed by atoms with Gasteiger partial charge in [0.15, 0.2) is 5.78 Å². The third kappa shape index (κ3) is 4.80. The standard InChI is InChI=1S/C30H29NO5/c1-4-35-29(33)25-24(21-14-8-6-9-15-21)26(28(32)22-16-10-7-11-17-22)31(27(25)30(34)36-5-2)23-18-12-13-20(3)19-23/h6-19,24,26H,4-5H2,1-3H3/t24-,26-/m1/s1. The van der Waals surface area contributed by atoms with Gasteiger partial charge in [-0.25, -0.2) is 9.59 Å². The molecule has 6 nitrogen and oxygen atoms in total. The highest BCUT2D eigenvalue weighted by atomic mass is 16.5. The first-order valence-electron chi connectivity index (χ1n) is 12.1. The molecule has 184 valence electrons. The quantitative estimate of drug-likeness (QED) is 0.323. The van der Waals surface area contributed by atoms with Gasteiger partial charge < -0.3 is 14.4 Å². The summed E-state index contributed by atoms with van der Waals surface area (Å²) in [6.07, 6.45) is 0. The summed E-state index contributed by atoms with van der Waals surface area (Å²) in [5.41, 5.74) is 2.93. The summed E-state index contributed by atoms with van der Waals surface area (Å²) in [6, 6.07) is 24.8. The Hall–Kier alpha value is -4.19. The van der Waals surface area contributed by atoms with E-state index >= 15 is 0 Å². The van der Waals surface area contributed by atoms with Crippen molar-refractivity contribution in [3.8, 4) is 0 Å². The lowest BCUT2D eigenvalue weighted by atomic mass is 9.83. The van der Waals surface area contributed by atoms with Crippen molar-refractivity contribution >= 4 is 23.4 Å². The van der Waals surface area contributed by atoms with Crippen LogP contribution in [0.5, 0.6) is 0 Å². The maximum Gasteiger partial charge on any atom is 0.355 e. The number of benzene rings is 3. The van der Waals surface area contributed by atoms with Crippen LogP contribution >= 0.6 is 0 Å². The molecular formula is C30H29NO5. The zero-order valence-electron chi connectivity index (χ0n) is 20.6. The van der Waals surface area contributed by atoms with Crippen LogP contribution in [0.25, 0.3) is 0 Å². The summed E-state index contributed by atoms with van der Waals surface area (Å²) in [7, 11) is 0. The van der Waals surface area contributed by atoms with Crippen molar-refractivity contribution in [2.24, 2.45) is 0 Å². The van der Waals surface area contributed by atoms with Crippen LogP contribution in [0.4, 0.5) is 5.69 Å². The average molecular weight is 484 g/mol. The number of carbonyl (C=O) groups excluding carboxylic acids is 3. The maximum absolute atomic E-state index is 14.2. The molecule has 0 aromatic heterocycles. The highest BCUT2D eigenvalue weighted by Gasteiger charge is 2.51. The molecule has 0 spiro atoms. The second-order valence-corrected chi connectivity index (χ2v) is 8.48. The van der Waals surface area contributed by atoms with Crippen LogP contribution < -0.4 is 4.90 Å². The fraction of sp³-hybridized carbons (Fsp3) is 0.233. The first kappa shape index (κ1) is 24.9. The van der Waals surface area contributed by atoms with Crippen molar-refractivity contribution in [3.63, 3.8) is 0 Å². The first-order valence-corrected chi connectivity index (χ1v) is 12.1. The molecular weight excluding hydrogens is 454 g/mol. The van der Waals surface area contributed by atoms with E-state index in [0.29, 0.717) is 11.3 Å². The summed E-state index contributed by atoms with van der Waals surface area (Å²) in [5.74, 6) is -2.29. The highest BCUT2D eigenvalue weighted by Crippen LogP contribution is 2.46. The highest BCUT2D eigenvalue weighted by molar-refractivity contribution is 6.13. The Bertz CT molecular complexity index is 1280. The van der Waals surface area contributed by atoms with Crippen molar-refractivity contribution in [1.82, 2.24) is 0 Å². The van der Waals surface area contributed by atoms with Crippen LogP contribution in [-0.4, -0.2) is 37.0 Å². The molecule has 0 amide bonds. The SMILES string of the molecule is CCOC(=O)C1=C(C(=O)OCC)N(c2cccc(C)c2)[C@@H](C(=O)c2ccccc2)[C@@H]1c1ccccc1. The molecule has 1 aliphatic rings. The average Bonchev–Trinajstić information content (AvgIpc) is 3.26. The van der Waals surface area contributed by atoms with E-state index in [2.05, 4.69) is 0 Å². The number of esters is 2. The van der Waals surface area contributed by atoms with E-state index in [9.17, 15) is 14.4 Å². The number of aryl methyl sites for hydroxylation is 1. The van der Waals surface area contributed by atoms with Gasteiger partial charge in [0.2, 0.25) is 0 Å². The lowest BCUT2D eigenvalue weighted by Crippen LogP contribution is -2.42. The molecule has 0 fully saturated rings. The summed E-state index contributed by atoms with van der Waals surface area (Å²) >= 11 is 0. The second kappa shape index (κ2) is 11.0. The van der Waals surface area contributed by atoms with Crippen molar-refractivity contribution in [3.05, 3.63) is 113 Å². The lowest BCUT2D eigenvalue weighted by Gasteiger charge is -2.31. The van der Waals surface area contributed by atoms with Crippen molar-refractivity contribution in [1.29, 1.82) is 0 Å². The van der Waals surface area contributed by atoms with Gasteiger partial charge in [0.1, 0.15) is 11.7 Å². The predicted octanol–water partition coefficient (Wildman–Crippen LogP) is 5.23. The zero-order chi connectivity index (χ0) is 25.7. The van der Waals surface area contributed by atoms with Crippen LogP contribution in [0, 0.1) is 6.92 Å². The molecule has 36 heavy (non-hydrogen) atoms. The topological polar surface area (TPSA) is 72.9 Å². The normalized spacial score (nSPS) is 17.1. The minimum atomic E-state index is -0.907. The molecule has 2 atom stereocenters. The zero-order valence-corrected chi connectivity index (χ0v) is 20.6. The maximum atomic E-state index is 14.2. The van der Waals surface area contributed by atoms with E-state index in [0.717, 1.165) is 11.1 Å². The molecule has 0 saturated carbocycles. The van der Waals surface area contributed by atoms with Gasteiger partial charge >= 0.3 is 11.9 Å². The molecule has 0 N–H and O–H groups in total. The van der Waals surface area contributed by atoms with Crippen LogP contribution in [-0.2, 0) is 19.1 Å². The van der Waals surface area contributed by atoms with E-state index < -0.39 is 23.9 Å². The molecule has 4 rings (SSSR count). The first-order chi connectivity index (χ1) is 17.5. The monoisotopic (exact) mass is 483 g/mol. The van der Waals surface area contributed by atoms with Crippen LogP contribution in [0.2, 0.25) is 0 Å². The molecule has 0 saturated heterocycles. The van der Waals surface area contributed by atoms with Gasteiger partial charge in [-0.05, 0) is 44.0 Å². The summed E-state index contributed by atoms with van der Waals surface area (Å²) < 4.78 is 10.9. The molecule has 3 aromatic carbocycles. The van der Waals surface area contributed by atoms with Gasteiger partial charge in [-0.15, -0.1) is 0 Å². The Balaban J connectivity index is 2.04. The smallest absolute Gasteiger partial charge is 0.355 e. The molecule has 0 unspecified atom stereocenters. The van der Waals surface area contributed by atoms with E-state index in [1.807, 2.05) is 67.6 Å². The predicted molar refractivity (Wildman–Crippen MR) is 138 cm³/mol. The van der Waals surface area contributed by atoms with Gasteiger partial charge in [0.25, 0.3) is 0 Å². The summed E-state index contributed by atoms with van der Waals surface area (Å²) in [5, 5.41) is 0. The Labute approximate surface area is 211 Å². The molecule has 6 heteroatoms. The number of ether oxygens (including phenoxy) is 2. The van der Waals surface area contributed by atoms with Crippen molar-refractivity contribution < 1.29 is 23.9 Å². The Kier molecular flexibility index (Phi) is 7.64. The number of rotatable bonds is 8. The molecule has 0 radical (unpaired) electrons. The number of nitrogens with zero attached hydrogens (tertiary/aromatic N) is 1. The largest absolute Gasteiger partial charge is 0.463 e. The van der Waals surface area contributed by atoms with Gasteiger partial charge in [-0.1, -0.05) is 72.8 Å². The Morgan fingerprint density at radius 2 is 1.39 bits per heavy atom. The number of hydrogen-bond donors (Lipinski definition) is 0. The minimum absolute atomic E-state index is 0.0315. The molecule has 3 aromatic rings. The summed E-state index contributed by atoms with van der Waals surface area (Å²) in [4.78, 5) is 42.8. The van der Waals surface area contributed by atoms with Crippen LogP contribution in [0.3, 0.4) is 0 Å². The molecule has 1 aliphatic heterocycles. The van der Waals surface area contributed by atoms with E-state index in [1.54, 1.807) is 43.0 Å². The Morgan fingerprint density at radius 3 is 2.00 bits per heavy atom. The van der Waals surface area contributed by atoms with Gasteiger partial charge in [-0.2, -0.15) is 0 Å². The van der Waals surface area contributed by atoms with Crippen molar-refractivity contribution in [2.75, 3.05) is 18.1 Å². The third-order valence-corrected chi connectivity index (χ3v) is 6.13. The van der Waals surface area contributed by atoms with Crippen molar-refractivity contribution in [2.45, 2.75) is 32.7 Å². The second-order valence-electron chi connectivity index (χ2n) is 8.48. The van der Waals surface area contributed by atoms with E-state index in [4.69, 9.17) is 9.47 Å². The number of carbonyl (C=O) groups is 3. The fourth-order valence-electron chi connectivity index (χ4n) is 4.68. The molecule has 0 aliphatic carbocycles. The summed E-state index contributed by atoms with van der Waals surface area (Å²) in [6.45, 7) is 5.59. The van der Waals surface area contributed by atoms with Gasteiger partial charge in [0, 0.05) is 17.2 Å².